The predicted octanol–water partition coefficient (Wildman–Crippen LogP) is 1.31. The van der Waals surface area contributed by atoms with Gasteiger partial charge in [0.25, 0.3) is 0 Å². The molecule has 7 heteroatoms. The van der Waals surface area contributed by atoms with E-state index in [2.05, 4.69) is 37.0 Å². The molecule has 0 aliphatic carbocycles. The van der Waals surface area contributed by atoms with Crippen LogP contribution in [0.1, 0.15) is 25.0 Å². The Kier molecular flexibility index (Phi) is 3.98. The number of nitrogens with zero attached hydrogens (tertiary/aromatic N) is 5. The molecular formula is C14H20N6O. The molecule has 1 unspecified atom stereocenters. The van der Waals surface area contributed by atoms with Gasteiger partial charge in [-0.15, -0.1) is 10.2 Å². The van der Waals surface area contributed by atoms with E-state index in [1.165, 1.54) is 0 Å². The molecule has 1 atom stereocenters. The van der Waals surface area contributed by atoms with Gasteiger partial charge in [-0.05, 0) is 12.3 Å². The highest BCUT2D eigenvalue weighted by Crippen LogP contribution is 2.20. The van der Waals surface area contributed by atoms with Crippen molar-refractivity contribution >= 4 is 5.95 Å². The zero-order chi connectivity index (χ0) is 14.7. The molecular weight excluding hydrogens is 268 g/mol. The zero-order valence-electron chi connectivity index (χ0n) is 12.4. The van der Waals surface area contributed by atoms with E-state index >= 15 is 0 Å². The Labute approximate surface area is 123 Å². The second kappa shape index (κ2) is 6.07. The van der Waals surface area contributed by atoms with Gasteiger partial charge in [-0.3, -0.25) is 0 Å². The molecule has 21 heavy (non-hydrogen) atoms. The van der Waals surface area contributed by atoms with Crippen molar-refractivity contribution in [2.24, 2.45) is 5.92 Å². The average molecular weight is 288 g/mol. The summed E-state index contributed by atoms with van der Waals surface area (Å²) in [6, 6.07) is 1.74. The monoisotopic (exact) mass is 288 g/mol. The van der Waals surface area contributed by atoms with Crippen LogP contribution in [0.15, 0.2) is 12.3 Å². The van der Waals surface area contributed by atoms with Crippen LogP contribution in [0.2, 0.25) is 0 Å². The summed E-state index contributed by atoms with van der Waals surface area (Å²) < 4.78 is 7.35. The van der Waals surface area contributed by atoms with Crippen LogP contribution in [0.5, 0.6) is 5.88 Å². The van der Waals surface area contributed by atoms with Gasteiger partial charge in [0.15, 0.2) is 0 Å². The molecule has 3 rings (SSSR count). The van der Waals surface area contributed by atoms with Crippen molar-refractivity contribution in [1.29, 1.82) is 0 Å². The molecule has 0 saturated carbocycles. The van der Waals surface area contributed by atoms with Crippen molar-refractivity contribution in [3.8, 4) is 5.88 Å². The number of fused-ring (bicyclic) bond motifs is 1. The number of anilines is 1. The Bertz CT molecular complexity index is 598. The van der Waals surface area contributed by atoms with Crippen LogP contribution in [-0.2, 0) is 19.4 Å². The van der Waals surface area contributed by atoms with E-state index in [1.54, 1.807) is 19.4 Å². The lowest BCUT2D eigenvalue weighted by Crippen LogP contribution is -2.27. The third-order valence-corrected chi connectivity index (χ3v) is 3.83. The fraction of sp³-hybridized carbons (Fsp3) is 0.571. The molecule has 1 N–H and O–H groups in total. The minimum absolute atomic E-state index is 0.536. The number of ether oxygens (including phenoxy) is 1. The first-order valence-corrected chi connectivity index (χ1v) is 7.32. The van der Waals surface area contributed by atoms with E-state index in [4.69, 9.17) is 4.74 Å². The standard InChI is InChI=1S/C14H20N6O/c1-3-11-18-19-12-5-4-10(9-20(11)12)8-16-14-15-7-6-13(17-14)21-2/h6-7,10H,3-5,8-9H2,1-2H3,(H,15,16,17). The SMILES string of the molecule is CCc1nnc2n1CC(CNc1nccc(OC)n1)CC2. The average Bonchev–Trinajstić information content (AvgIpc) is 2.95. The molecule has 3 heterocycles. The van der Waals surface area contributed by atoms with Crippen LogP contribution in [-0.4, -0.2) is 38.4 Å². The highest BCUT2D eigenvalue weighted by Gasteiger charge is 2.22. The van der Waals surface area contributed by atoms with Crippen molar-refractivity contribution in [2.45, 2.75) is 32.7 Å². The summed E-state index contributed by atoms with van der Waals surface area (Å²) in [6.45, 7) is 3.92. The van der Waals surface area contributed by atoms with Crippen molar-refractivity contribution in [3.05, 3.63) is 23.9 Å². The molecule has 2 aromatic heterocycles. The van der Waals surface area contributed by atoms with E-state index in [-0.39, 0.29) is 0 Å². The topological polar surface area (TPSA) is 77.8 Å². The van der Waals surface area contributed by atoms with E-state index in [1.807, 2.05) is 0 Å². The number of aromatic nitrogens is 5. The first-order chi connectivity index (χ1) is 10.3. The molecule has 0 fully saturated rings. The van der Waals surface area contributed by atoms with Crippen LogP contribution in [0, 0.1) is 5.92 Å². The maximum atomic E-state index is 5.10. The van der Waals surface area contributed by atoms with Gasteiger partial charge in [-0.1, -0.05) is 6.92 Å². The van der Waals surface area contributed by atoms with Crippen LogP contribution in [0.4, 0.5) is 5.95 Å². The number of rotatable bonds is 5. The Morgan fingerprint density at radius 2 is 2.33 bits per heavy atom. The summed E-state index contributed by atoms with van der Waals surface area (Å²) in [4.78, 5) is 8.47. The Balaban J connectivity index is 1.61. The Morgan fingerprint density at radius 3 is 3.14 bits per heavy atom. The lowest BCUT2D eigenvalue weighted by molar-refractivity contribution is 0.373. The summed E-state index contributed by atoms with van der Waals surface area (Å²) >= 11 is 0. The maximum absolute atomic E-state index is 5.10. The molecule has 0 spiro atoms. The minimum Gasteiger partial charge on any atom is -0.481 e. The molecule has 0 bridgehead atoms. The Morgan fingerprint density at radius 1 is 1.43 bits per heavy atom. The van der Waals surface area contributed by atoms with Gasteiger partial charge in [0.1, 0.15) is 11.6 Å². The summed E-state index contributed by atoms with van der Waals surface area (Å²) in [5, 5.41) is 11.8. The highest BCUT2D eigenvalue weighted by molar-refractivity contribution is 5.27. The molecule has 2 aromatic rings. The highest BCUT2D eigenvalue weighted by atomic mass is 16.5. The molecule has 112 valence electrons. The number of methoxy groups -OCH3 is 1. The van der Waals surface area contributed by atoms with Crippen molar-refractivity contribution in [2.75, 3.05) is 19.0 Å². The lowest BCUT2D eigenvalue weighted by Gasteiger charge is -2.24. The van der Waals surface area contributed by atoms with Crippen molar-refractivity contribution in [1.82, 2.24) is 24.7 Å². The molecule has 1 aliphatic heterocycles. The third-order valence-electron chi connectivity index (χ3n) is 3.83. The zero-order valence-corrected chi connectivity index (χ0v) is 12.4. The van der Waals surface area contributed by atoms with Gasteiger partial charge in [0.2, 0.25) is 11.8 Å². The molecule has 0 saturated heterocycles. The number of aryl methyl sites for hydroxylation is 2. The summed E-state index contributed by atoms with van der Waals surface area (Å²) in [5.41, 5.74) is 0. The van der Waals surface area contributed by atoms with Gasteiger partial charge in [-0.25, -0.2) is 4.98 Å². The second-order valence-corrected chi connectivity index (χ2v) is 5.20. The maximum Gasteiger partial charge on any atom is 0.225 e. The normalized spacial score (nSPS) is 17.3. The molecule has 1 aliphatic rings. The summed E-state index contributed by atoms with van der Waals surface area (Å²) in [7, 11) is 1.60. The van der Waals surface area contributed by atoms with Crippen molar-refractivity contribution < 1.29 is 4.74 Å². The molecule has 0 radical (unpaired) electrons. The van der Waals surface area contributed by atoms with Crippen molar-refractivity contribution in [3.63, 3.8) is 0 Å². The number of nitrogens with one attached hydrogen (secondary N) is 1. The van der Waals surface area contributed by atoms with Crippen LogP contribution in [0.25, 0.3) is 0 Å². The van der Waals surface area contributed by atoms with Crippen LogP contribution in [0.3, 0.4) is 0 Å². The lowest BCUT2D eigenvalue weighted by atomic mass is 9.99. The smallest absolute Gasteiger partial charge is 0.225 e. The van der Waals surface area contributed by atoms with E-state index in [0.717, 1.165) is 44.0 Å². The first-order valence-electron chi connectivity index (χ1n) is 7.32. The minimum atomic E-state index is 0.536. The van der Waals surface area contributed by atoms with Gasteiger partial charge < -0.3 is 14.6 Å². The van der Waals surface area contributed by atoms with E-state index < -0.39 is 0 Å². The fourth-order valence-electron chi connectivity index (χ4n) is 2.66. The van der Waals surface area contributed by atoms with Gasteiger partial charge in [-0.2, -0.15) is 4.98 Å². The first kappa shape index (κ1) is 13.8. The van der Waals surface area contributed by atoms with Gasteiger partial charge >= 0.3 is 0 Å². The van der Waals surface area contributed by atoms with E-state index in [0.29, 0.717) is 17.7 Å². The number of hydrogen-bond acceptors (Lipinski definition) is 6. The third kappa shape index (κ3) is 2.96. The van der Waals surface area contributed by atoms with Crippen LogP contribution >= 0.6 is 0 Å². The summed E-state index contributed by atoms with van der Waals surface area (Å²) in [6.07, 6.45) is 4.71. The Hall–Kier alpha value is -2.18. The fourth-order valence-corrected chi connectivity index (χ4v) is 2.66. The quantitative estimate of drug-likeness (QED) is 0.894. The molecule has 0 amide bonds. The largest absolute Gasteiger partial charge is 0.481 e. The second-order valence-electron chi connectivity index (χ2n) is 5.20. The molecule has 0 aromatic carbocycles. The van der Waals surface area contributed by atoms with Gasteiger partial charge in [0, 0.05) is 38.2 Å². The predicted molar refractivity (Wildman–Crippen MR) is 78.3 cm³/mol. The van der Waals surface area contributed by atoms with Crippen LogP contribution < -0.4 is 10.1 Å². The molecule has 7 nitrogen and oxygen atoms in total. The van der Waals surface area contributed by atoms with Gasteiger partial charge in [0.05, 0.1) is 7.11 Å². The number of hydrogen-bond donors (Lipinski definition) is 1. The summed E-state index contributed by atoms with van der Waals surface area (Å²) in [5.74, 6) is 3.91. The van der Waals surface area contributed by atoms with E-state index in [9.17, 15) is 0 Å².